The molecule has 8 heteroatoms. The van der Waals surface area contributed by atoms with Gasteiger partial charge in [-0.1, -0.05) is 6.58 Å². The van der Waals surface area contributed by atoms with Crippen LogP contribution in [-0.4, -0.2) is 30.2 Å². The molecule has 1 nitrogen and oxygen atoms in total. The second-order valence-corrected chi connectivity index (χ2v) is 3.29. The van der Waals surface area contributed by atoms with Gasteiger partial charge in [0, 0.05) is 12.8 Å². The Morgan fingerprint density at radius 1 is 1.06 bits per heavy atom. The van der Waals surface area contributed by atoms with E-state index >= 15 is 0 Å². The van der Waals surface area contributed by atoms with Crippen molar-refractivity contribution < 1.29 is 35.5 Å². The van der Waals surface area contributed by atoms with E-state index in [4.69, 9.17) is 0 Å². The Balaban J connectivity index is 4.90. The van der Waals surface area contributed by atoms with Gasteiger partial charge >= 0.3 is 17.8 Å². The van der Waals surface area contributed by atoms with E-state index < -0.39 is 43.1 Å². The molecular weight excluding hydrogens is 257 g/mol. The smallest absolute Gasteiger partial charge is 0.295 e. The van der Waals surface area contributed by atoms with Gasteiger partial charge in [-0.05, 0) is 6.08 Å². The van der Waals surface area contributed by atoms with Crippen LogP contribution in [0.1, 0.15) is 12.8 Å². The fraction of sp³-hybridized carbons (Fsp3) is 0.667. The maximum atomic E-state index is 12.8. The van der Waals surface area contributed by atoms with Gasteiger partial charge in [0.2, 0.25) is 0 Å². The molecule has 0 aromatic carbocycles. The molecule has 0 saturated heterocycles. The van der Waals surface area contributed by atoms with Crippen LogP contribution >= 0.6 is 0 Å². The van der Waals surface area contributed by atoms with Crippen LogP contribution in [0.25, 0.3) is 0 Å². The zero-order valence-electron chi connectivity index (χ0n) is 8.46. The highest BCUT2D eigenvalue weighted by Crippen LogP contribution is 2.47. The molecule has 0 aliphatic rings. The van der Waals surface area contributed by atoms with Gasteiger partial charge in [0.1, 0.15) is 0 Å². The number of hydrogen-bond acceptors (Lipinski definition) is 1. The zero-order chi connectivity index (χ0) is 13.9. The van der Waals surface area contributed by atoms with E-state index in [9.17, 15) is 35.5 Å². The minimum Gasteiger partial charge on any atom is -0.295 e. The molecule has 0 aromatic heterocycles. The Morgan fingerprint density at radius 2 is 1.53 bits per heavy atom. The summed E-state index contributed by atoms with van der Waals surface area (Å²) in [4.78, 5) is 10.5. The number of alkyl halides is 7. The lowest BCUT2D eigenvalue weighted by Gasteiger charge is -2.31. The minimum absolute atomic E-state index is 0.599. The van der Waals surface area contributed by atoms with E-state index in [0.717, 1.165) is 0 Å². The van der Waals surface area contributed by atoms with E-state index in [1.807, 2.05) is 0 Å². The number of halogens is 7. The van der Waals surface area contributed by atoms with Crippen LogP contribution in [0.3, 0.4) is 0 Å². The molecule has 0 bridgehead atoms. The Labute approximate surface area is 92.3 Å². The van der Waals surface area contributed by atoms with Crippen LogP contribution in [0.4, 0.5) is 30.7 Å². The van der Waals surface area contributed by atoms with E-state index in [1.165, 1.54) is 0 Å². The lowest BCUT2D eigenvalue weighted by atomic mass is 9.99. The summed E-state index contributed by atoms with van der Waals surface area (Å²) in [6, 6.07) is 0. The van der Waals surface area contributed by atoms with Gasteiger partial charge < -0.3 is 0 Å². The number of allylic oxidation sites excluding steroid dienone is 1. The molecule has 0 aliphatic heterocycles. The summed E-state index contributed by atoms with van der Waals surface area (Å²) >= 11 is 0. The molecule has 100 valence electrons. The van der Waals surface area contributed by atoms with Crippen LogP contribution in [-0.2, 0) is 4.79 Å². The van der Waals surface area contributed by atoms with Crippen LogP contribution < -0.4 is 0 Å². The van der Waals surface area contributed by atoms with Crippen molar-refractivity contribution in [2.24, 2.45) is 0 Å². The second-order valence-electron chi connectivity index (χ2n) is 3.29. The summed E-state index contributed by atoms with van der Waals surface area (Å²) in [6.45, 7) is -0.0134. The average Bonchev–Trinajstić information content (AvgIpc) is 2.25. The van der Waals surface area contributed by atoms with Crippen molar-refractivity contribution in [3.05, 3.63) is 12.7 Å². The van der Waals surface area contributed by atoms with Crippen LogP contribution in [0.2, 0.25) is 0 Å². The molecule has 0 atom stereocenters. The van der Waals surface area contributed by atoms with Gasteiger partial charge in [-0.2, -0.15) is 26.3 Å². The molecule has 0 saturated carbocycles. The van der Waals surface area contributed by atoms with Gasteiger partial charge in [-0.3, -0.25) is 4.79 Å². The highest BCUT2D eigenvalue weighted by atomic mass is 19.3. The molecular formula is C9H9F7O. The van der Waals surface area contributed by atoms with Crippen molar-refractivity contribution in [2.75, 3.05) is 6.67 Å². The zero-order valence-corrected chi connectivity index (χ0v) is 8.46. The highest BCUT2D eigenvalue weighted by Gasteiger charge is 2.71. The van der Waals surface area contributed by atoms with Crippen molar-refractivity contribution in [1.82, 2.24) is 0 Å². The molecule has 0 unspecified atom stereocenters. The Morgan fingerprint density at radius 3 is 1.88 bits per heavy atom. The van der Waals surface area contributed by atoms with Crippen molar-refractivity contribution in [2.45, 2.75) is 30.6 Å². The summed E-state index contributed by atoms with van der Waals surface area (Å²) < 4.78 is 87.2. The summed E-state index contributed by atoms with van der Waals surface area (Å²) in [5.41, 5.74) is 0. The van der Waals surface area contributed by atoms with Crippen molar-refractivity contribution >= 4 is 5.78 Å². The normalized spacial score (nSPS) is 13.6. The third kappa shape index (κ3) is 3.19. The quantitative estimate of drug-likeness (QED) is 0.510. The van der Waals surface area contributed by atoms with Crippen LogP contribution in [0, 0.1) is 0 Å². The topological polar surface area (TPSA) is 17.1 Å². The lowest BCUT2D eigenvalue weighted by molar-refractivity contribution is -0.313. The number of ketones is 1. The molecule has 0 aliphatic carbocycles. The summed E-state index contributed by atoms with van der Waals surface area (Å²) in [5.74, 6) is -17.5. The second kappa shape index (κ2) is 5.05. The Hall–Kier alpha value is -1.08. The maximum Gasteiger partial charge on any atom is 0.374 e. The predicted molar refractivity (Wildman–Crippen MR) is 45.3 cm³/mol. The van der Waals surface area contributed by atoms with Crippen molar-refractivity contribution in [1.29, 1.82) is 0 Å². The summed E-state index contributed by atoms with van der Waals surface area (Å²) in [5, 5.41) is 0. The fourth-order valence-corrected chi connectivity index (χ4v) is 0.891. The maximum absolute atomic E-state index is 12.8. The summed E-state index contributed by atoms with van der Waals surface area (Å²) in [7, 11) is 0. The first kappa shape index (κ1) is 15.9. The molecule has 0 heterocycles. The number of carbonyl (C=O) groups excluding carboxylic acids is 1. The molecule has 0 spiro atoms. The number of rotatable bonds is 7. The standard InChI is InChI=1S/C9H9F7O/c1-2-6(17)3-4-7(11,12)9(15,16)8(13,14)5-10/h2H,1,3-5H2. The fourth-order valence-electron chi connectivity index (χ4n) is 0.891. The molecule has 0 rings (SSSR count). The van der Waals surface area contributed by atoms with Gasteiger partial charge in [0.25, 0.3) is 0 Å². The van der Waals surface area contributed by atoms with Crippen molar-refractivity contribution in [3.8, 4) is 0 Å². The van der Waals surface area contributed by atoms with Crippen LogP contribution in [0.5, 0.6) is 0 Å². The first-order valence-corrected chi connectivity index (χ1v) is 4.36. The van der Waals surface area contributed by atoms with Gasteiger partial charge in [-0.15, -0.1) is 0 Å². The van der Waals surface area contributed by atoms with E-state index in [2.05, 4.69) is 6.58 Å². The number of carbonyl (C=O) groups is 1. The monoisotopic (exact) mass is 266 g/mol. The van der Waals surface area contributed by atoms with Gasteiger partial charge in [-0.25, -0.2) is 4.39 Å². The van der Waals surface area contributed by atoms with Crippen LogP contribution in [0.15, 0.2) is 12.7 Å². The molecule has 17 heavy (non-hydrogen) atoms. The summed E-state index contributed by atoms with van der Waals surface area (Å²) in [6.07, 6.45) is -2.28. The first-order valence-electron chi connectivity index (χ1n) is 4.36. The Bertz CT molecular complexity index is 298. The van der Waals surface area contributed by atoms with E-state index in [0.29, 0.717) is 6.08 Å². The lowest BCUT2D eigenvalue weighted by Crippen LogP contribution is -2.55. The minimum atomic E-state index is -5.85. The molecule has 0 aromatic rings. The Kier molecular flexibility index (Phi) is 4.73. The molecule has 0 amide bonds. The predicted octanol–water partition coefficient (Wildman–Crippen LogP) is 3.40. The SMILES string of the molecule is C=CC(=O)CCC(F)(F)C(F)(F)C(F)(F)CF. The third-order valence-electron chi connectivity index (χ3n) is 2.00. The average molecular weight is 266 g/mol. The van der Waals surface area contributed by atoms with Gasteiger partial charge in [0.05, 0.1) is 0 Å². The van der Waals surface area contributed by atoms with E-state index in [1.54, 1.807) is 0 Å². The first-order chi connectivity index (χ1) is 7.52. The number of hydrogen-bond donors (Lipinski definition) is 0. The molecule has 0 N–H and O–H groups in total. The van der Waals surface area contributed by atoms with Gasteiger partial charge in [0.15, 0.2) is 12.5 Å². The third-order valence-corrected chi connectivity index (χ3v) is 2.00. The van der Waals surface area contributed by atoms with Crippen molar-refractivity contribution in [3.63, 3.8) is 0 Å². The van der Waals surface area contributed by atoms with E-state index in [-0.39, 0.29) is 0 Å². The molecule has 0 radical (unpaired) electrons. The largest absolute Gasteiger partial charge is 0.374 e. The highest BCUT2D eigenvalue weighted by molar-refractivity contribution is 5.89. The molecule has 0 fully saturated rings.